The summed E-state index contributed by atoms with van der Waals surface area (Å²) in [5, 5.41) is 2.75. The van der Waals surface area contributed by atoms with Crippen molar-refractivity contribution in [3.63, 3.8) is 0 Å². The average Bonchev–Trinajstić information content (AvgIpc) is 3.09. The summed E-state index contributed by atoms with van der Waals surface area (Å²) in [7, 11) is 0. The summed E-state index contributed by atoms with van der Waals surface area (Å²) in [6.07, 6.45) is -0.672. The van der Waals surface area contributed by atoms with Crippen molar-refractivity contribution >= 4 is 16.9 Å². The smallest absolute Gasteiger partial charge is 0.420 e. The van der Waals surface area contributed by atoms with Crippen molar-refractivity contribution < 1.29 is 22.4 Å². The largest absolute Gasteiger partial charge is 0.462 e. The van der Waals surface area contributed by atoms with Crippen LogP contribution < -0.4 is 5.32 Å². The van der Waals surface area contributed by atoms with Gasteiger partial charge >= 0.3 is 6.18 Å². The number of hydrogen-bond acceptors (Lipinski definition) is 4. The molecular weight excluding hydrogens is 323 g/mol. The minimum atomic E-state index is -4.53. The van der Waals surface area contributed by atoms with Gasteiger partial charge in [-0.3, -0.25) is 4.79 Å². The molecule has 0 radical (unpaired) electrons. The molecule has 2 aromatic rings. The Bertz CT molecular complexity index is 774. The van der Waals surface area contributed by atoms with Gasteiger partial charge in [-0.1, -0.05) is 0 Å². The van der Waals surface area contributed by atoms with Crippen molar-refractivity contribution in [3.05, 3.63) is 29.8 Å². The summed E-state index contributed by atoms with van der Waals surface area (Å²) < 4.78 is 43.8. The quantitative estimate of drug-likeness (QED) is 0.914. The summed E-state index contributed by atoms with van der Waals surface area (Å²) >= 11 is 0. The molecule has 2 aliphatic heterocycles. The third-order valence-electron chi connectivity index (χ3n) is 4.80. The zero-order valence-electron chi connectivity index (χ0n) is 12.8. The van der Waals surface area contributed by atoms with E-state index in [1.807, 2.05) is 0 Å². The van der Waals surface area contributed by atoms with Crippen molar-refractivity contribution in [2.24, 2.45) is 5.92 Å². The van der Waals surface area contributed by atoms with Gasteiger partial charge in [0.15, 0.2) is 5.58 Å². The highest BCUT2D eigenvalue weighted by molar-refractivity contribution is 5.96. The van der Waals surface area contributed by atoms with E-state index in [1.54, 1.807) is 0 Å². The Labute approximate surface area is 135 Å². The van der Waals surface area contributed by atoms with Crippen LogP contribution >= 0.6 is 0 Å². The number of hydrogen-bond donors (Lipinski definition) is 1. The fraction of sp³-hybridized carbons (Fsp3) is 0.500. The third kappa shape index (κ3) is 2.75. The summed E-state index contributed by atoms with van der Waals surface area (Å²) in [4.78, 5) is 18.6. The van der Waals surface area contributed by atoms with Crippen LogP contribution in [0.3, 0.4) is 0 Å². The van der Waals surface area contributed by atoms with Crippen molar-refractivity contribution in [1.82, 2.24) is 15.2 Å². The Hall–Kier alpha value is -2.09. The lowest BCUT2D eigenvalue weighted by Gasteiger charge is -2.30. The molecule has 0 saturated carbocycles. The summed E-state index contributed by atoms with van der Waals surface area (Å²) in [6.45, 7) is 2.90. The molecule has 24 heavy (non-hydrogen) atoms. The number of piperidine rings is 1. The number of carbonyl (C=O) groups excluding carboxylic acids is 1. The summed E-state index contributed by atoms with van der Waals surface area (Å²) in [6, 6.07) is 1.16. The number of nitrogens with one attached hydrogen (secondary N) is 1. The maximum atomic E-state index is 13.0. The summed E-state index contributed by atoms with van der Waals surface area (Å²) in [5.41, 5.74) is -0.904. The van der Waals surface area contributed by atoms with Crippen LogP contribution in [0.1, 0.15) is 28.9 Å². The fourth-order valence-electron chi connectivity index (χ4n) is 3.70. The molecule has 5 nitrogen and oxygen atoms in total. The number of nitrogens with zero attached hydrogens (tertiary/aromatic N) is 2. The first kappa shape index (κ1) is 15.4. The van der Waals surface area contributed by atoms with Crippen molar-refractivity contribution in [2.75, 3.05) is 19.6 Å². The van der Waals surface area contributed by atoms with Crippen LogP contribution in [-0.4, -0.2) is 41.5 Å². The van der Waals surface area contributed by atoms with Gasteiger partial charge in [0.05, 0.1) is 6.20 Å². The molecule has 0 spiro atoms. The molecule has 2 aromatic heterocycles. The lowest BCUT2D eigenvalue weighted by atomic mass is 9.97. The van der Waals surface area contributed by atoms with Crippen LogP contribution in [0.25, 0.3) is 11.0 Å². The molecule has 0 aliphatic carbocycles. The normalized spacial score (nSPS) is 26.7. The zero-order valence-corrected chi connectivity index (χ0v) is 12.8. The van der Waals surface area contributed by atoms with Gasteiger partial charge in [0.2, 0.25) is 0 Å². The van der Waals surface area contributed by atoms with Crippen LogP contribution in [0.15, 0.2) is 22.9 Å². The minimum absolute atomic E-state index is 0.0145. The minimum Gasteiger partial charge on any atom is -0.462 e. The van der Waals surface area contributed by atoms with Crippen LogP contribution in [0.5, 0.6) is 0 Å². The topological polar surface area (TPSA) is 58.4 Å². The SMILES string of the molecule is O=C(NC1CC2CCN(C2)C1)c1cc2c(C(F)(F)F)coc2cn1. The maximum Gasteiger partial charge on any atom is 0.420 e. The first-order valence-electron chi connectivity index (χ1n) is 7.88. The molecule has 2 bridgehead atoms. The number of rotatable bonds is 2. The van der Waals surface area contributed by atoms with Crippen LogP contribution in [-0.2, 0) is 6.18 Å². The Morgan fingerprint density at radius 1 is 1.38 bits per heavy atom. The molecule has 0 aromatic carbocycles. The number of carbonyl (C=O) groups is 1. The molecule has 1 N–H and O–H groups in total. The van der Waals surface area contributed by atoms with E-state index < -0.39 is 17.6 Å². The second-order valence-corrected chi connectivity index (χ2v) is 6.53. The number of halogens is 3. The molecule has 4 heterocycles. The predicted molar refractivity (Wildman–Crippen MR) is 79.4 cm³/mol. The van der Waals surface area contributed by atoms with E-state index >= 15 is 0 Å². The summed E-state index contributed by atoms with van der Waals surface area (Å²) in [5.74, 6) is 0.143. The van der Waals surface area contributed by atoms with Gasteiger partial charge in [0.1, 0.15) is 17.5 Å². The highest BCUT2D eigenvalue weighted by Gasteiger charge is 2.36. The number of aromatic nitrogens is 1. The van der Waals surface area contributed by atoms with Gasteiger partial charge in [-0.15, -0.1) is 0 Å². The van der Waals surface area contributed by atoms with Gasteiger partial charge in [0, 0.05) is 24.5 Å². The lowest BCUT2D eigenvalue weighted by molar-refractivity contribution is -0.136. The van der Waals surface area contributed by atoms with E-state index in [4.69, 9.17) is 4.42 Å². The Morgan fingerprint density at radius 2 is 2.21 bits per heavy atom. The predicted octanol–water partition coefficient (Wildman–Crippen LogP) is 2.67. The molecule has 3 unspecified atom stereocenters. The molecule has 3 atom stereocenters. The van der Waals surface area contributed by atoms with Gasteiger partial charge in [0.25, 0.3) is 5.91 Å². The van der Waals surface area contributed by atoms with Crippen LogP contribution in [0, 0.1) is 5.92 Å². The average molecular weight is 339 g/mol. The van der Waals surface area contributed by atoms with Crippen LogP contribution in [0.2, 0.25) is 0 Å². The zero-order chi connectivity index (χ0) is 16.9. The second kappa shape index (κ2) is 5.47. The first-order valence-corrected chi connectivity index (χ1v) is 7.88. The molecule has 2 aliphatic rings. The maximum absolute atomic E-state index is 13.0. The molecule has 8 heteroatoms. The van der Waals surface area contributed by atoms with Gasteiger partial charge < -0.3 is 14.6 Å². The molecule has 4 rings (SSSR count). The van der Waals surface area contributed by atoms with E-state index in [0.717, 1.165) is 44.7 Å². The van der Waals surface area contributed by atoms with Gasteiger partial charge in [-0.05, 0) is 31.4 Å². The Balaban J connectivity index is 1.56. The Morgan fingerprint density at radius 3 is 2.96 bits per heavy atom. The monoisotopic (exact) mass is 339 g/mol. The standard InChI is InChI=1S/C16H16F3N3O2/c17-16(18,19)12-8-24-14-5-20-13(4-11(12)14)15(23)21-10-3-9-1-2-22(6-9)7-10/h4-5,8-10H,1-3,6-7H2,(H,21,23). The number of alkyl halides is 3. The number of amides is 1. The third-order valence-corrected chi connectivity index (χ3v) is 4.80. The van der Waals surface area contributed by atoms with Crippen molar-refractivity contribution in [1.29, 1.82) is 0 Å². The van der Waals surface area contributed by atoms with Crippen molar-refractivity contribution in [2.45, 2.75) is 25.1 Å². The van der Waals surface area contributed by atoms with E-state index in [-0.39, 0.29) is 22.7 Å². The van der Waals surface area contributed by atoms with E-state index in [2.05, 4.69) is 15.2 Å². The highest BCUT2D eigenvalue weighted by atomic mass is 19.4. The molecule has 2 saturated heterocycles. The van der Waals surface area contributed by atoms with Crippen molar-refractivity contribution in [3.8, 4) is 0 Å². The van der Waals surface area contributed by atoms with Crippen LogP contribution in [0.4, 0.5) is 13.2 Å². The van der Waals surface area contributed by atoms with E-state index in [0.29, 0.717) is 12.2 Å². The van der Waals surface area contributed by atoms with Gasteiger partial charge in [-0.25, -0.2) is 4.98 Å². The second-order valence-electron chi connectivity index (χ2n) is 6.53. The molecular formula is C16H16F3N3O2. The number of fused-ring (bicyclic) bond motifs is 3. The molecule has 128 valence electrons. The first-order chi connectivity index (χ1) is 11.4. The van der Waals surface area contributed by atoms with E-state index in [9.17, 15) is 18.0 Å². The lowest BCUT2D eigenvalue weighted by Crippen LogP contribution is -2.47. The molecule has 2 fully saturated rings. The molecule has 1 amide bonds. The number of furan rings is 1. The van der Waals surface area contributed by atoms with E-state index in [1.165, 1.54) is 0 Å². The van der Waals surface area contributed by atoms with Gasteiger partial charge in [-0.2, -0.15) is 13.2 Å². The fourth-order valence-corrected chi connectivity index (χ4v) is 3.70. The Kier molecular flexibility index (Phi) is 3.52. The number of pyridine rings is 1. The highest BCUT2D eigenvalue weighted by Crippen LogP contribution is 2.36.